The van der Waals surface area contributed by atoms with Crippen molar-refractivity contribution in [1.29, 1.82) is 0 Å². The normalized spacial score (nSPS) is 24.5. The minimum Gasteiger partial charge on any atom is -0.352 e. The Bertz CT molecular complexity index is 349. The molecule has 0 aliphatic heterocycles. The van der Waals surface area contributed by atoms with Gasteiger partial charge in [-0.25, -0.2) is 0 Å². The first-order valence-corrected chi connectivity index (χ1v) is 9.14. The molecule has 128 valence electrons. The highest BCUT2D eigenvalue weighted by molar-refractivity contribution is 5.78. The molecule has 0 radical (unpaired) electrons. The average molecular weight is 309 g/mol. The molecule has 0 aromatic carbocycles. The summed E-state index contributed by atoms with van der Waals surface area (Å²) in [4.78, 5) is 11.7. The van der Waals surface area contributed by atoms with E-state index >= 15 is 0 Å². The highest BCUT2D eigenvalue weighted by Gasteiger charge is 2.34. The number of carbonyl (C=O) groups is 1. The number of hydrogen-bond donors (Lipinski definition) is 2. The third-order valence-corrected chi connectivity index (χ3v) is 4.83. The third kappa shape index (κ3) is 7.44. The van der Waals surface area contributed by atoms with E-state index in [1.807, 2.05) is 0 Å². The van der Waals surface area contributed by atoms with Crippen molar-refractivity contribution in [1.82, 2.24) is 5.32 Å². The Labute approximate surface area is 137 Å². The molecule has 0 aromatic heterocycles. The van der Waals surface area contributed by atoms with E-state index in [2.05, 4.69) is 38.2 Å². The lowest BCUT2D eigenvalue weighted by Gasteiger charge is -2.40. The van der Waals surface area contributed by atoms with Crippen LogP contribution in [0, 0.1) is 11.3 Å². The molecule has 0 spiro atoms. The van der Waals surface area contributed by atoms with Gasteiger partial charge in [0, 0.05) is 6.04 Å². The highest BCUT2D eigenvalue weighted by atomic mass is 16.1. The number of nitrogens with two attached hydrogens (primary N) is 1. The zero-order chi connectivity index (χ0) is 16.4. The van der Waals surface area contributed by atoms with E-state index in [0.717, 1.165) is 12.8 Å². The van der Waals surface area contributed by atoms with E-state index in [1.54, 1.807) is 0 Å². The van der Waals surface area contributed by atoms with Gasteiger partial charge in [-0.1, -0.05) is 58.6 Å². The lowest BCUT2D eigenvalue weighted by Crippen LogP contribution is -2.47. The van der Waals surface area contributed by atoms with Gasteiger partial charge in [-0.05, 0) is 43.4 Å². The Morgan fingerprint density at radius 2 is 2.00 bits per heavy atom. The molecule has 1 amide bonds. The van der Waals surface area contributed by atoms with Crippen molar-refractivity contribution in [2.75, 3.05) is 6.54 Å². The minimum atomic E-state index is -0.0272. The van der Waals surface area contributed by atoms with Crippen LogP contribution in [0.3, 0.4) is 0 Å². The number of carbonyl (C=O) groups excluding carboxylic acids is 1. The van der Waals surface area contributed by atoms with E-state index in [4.69, 9.17) is 5.73 Å². The van der Waals surface area contributed by atoms with Crippen LogP contribution in [0.1, 0.15) is 78.6 Å². The van der Waals surface area contributed by atoms with Crippen LogP contribution in [-0.4, -0.2) is 18.5 Å². The molecule has 1 fully saturated rings. The molecule has 1 saturated carbocycles. The quantitative estimate of drug-likeness (QED) is 0.496. The van der Waals surface area contributed by atoms with E-state index in [0.29, 0.717) is 11.3 Å². The van der Waals surface area contributed by atoms with Gasteiger partial charge in [0.2, 0.25) is 5.91 Å². The average Bonchev–Trinajstić information content (AvgIpc) is 2.47. The Balaban J connectivity index is 2.42. The molecule has 0 saturated heterocycles. The van der Waals surface area contributed by atoms with Crippen LogP contribution in [0.5, 0.6) is 0 Å². The van der Waals surface area contributed by atoms with E-state index < -0.39 is 0 Å². The van der Waals surface area contributed by atoms with Crippen LogP contribution in [-0.2, 0) is 4.79 Å². The van der Waals surface area contributed by atoms with Gasteiger partial charge in [0.1, 0.15) is 0 Å². The summed E-state index contributed by atoms with van der Waals surface area (Å²) in [5.41, 5.74) is 5.77. The fraction of sp³-hybridized carbons (Fsp3) is 0.842. The summed E-state index contributed by atoms with van der Waals surface area (Å²) >= 11 is 0. The summed E-state index contributed by atoms with van der Waals surface area (Å²) in [7, 11) is 0. The van der Waals surface area contributed by atoms with Crippen molar-refractivity contribution in [3.63, 3.8) is 0 Å². The predicted octanol–water partition coefficient (Wildman–Crippen LogP) is 4.17. The van der Waals surface area contributed by atoms with Crippen molar-refractivity contribution in [3.05, 3.63) is 12.2 Å². The highest BCUT2D eigenvalue weighted by Crippen LogP contribution is 2.38. The molecule has 1 aliphatic rings. The summed E-state index contributed by atoms with van der Waals surface area (Å²) in [6.45, 7) is 6.93. The maximum Gasteiger partial charge on any atom is 0.233 e. The van der Waals surface area contributed by atoms with Crippen molar-refractivity contribution in [2.45, 2.75) is 84.6 Å². The summed E-state index contributed by atoms with van der Waals surface area (Å²) in [5.74, 6) is 0.444. The van der Waals surface area contributed by atoms with E-state index in [9.17, 15) is 4.79 Å². The second-order valence-corrected chi connectivity index (χ2v) is 7.58. The second-order valence-electron chi connectivity index (χ2n) is 7.58. The maximum absolute atomic E-state index is 11.7. The van der Waals surface area contributed by atoms with Crippen LogP contribution in [0.15, 0.2) is 12.2 Å². The summed E-state index contributed by atoms with van der Waals surface area (Å²) in [6, 6.07) is 0.246. The van der Waals surface area contributed by atoms with Gasteiger partial charge in [-0.2, -0.15) is 0 Å². The van der Waals surface area contributed by atoms with Crippen LogP contribution < -0.4 is 11.1 Å². The smallest absolute Gasteiger partial charge is 0.233 e. The summed E-state index contributed by atoms with van der Waals surface area (Å²) in [6.07, 6.45) is 15.9. The molecule has 3 heteroatoms. The molecular formula is C19H36N2O. The monoisotopic (exact) mass is 308 g/mol. The number of nitrogens with one attached hydrogen (secondary N) is 1. The second kappa shape index (κ2) is 10.0. The first kappa shape index (κ1) is 19.2. The number of hydrogen-bond acceptors (Lipinski definition) is 2. The summed E-state index contributed by atoms with van der Waals surface area (Å²) < 4.78 is 0. The standard InChI is InChI=1S/C19H36N2O/c1-4-5-6-7-8-9-10-11-16-12-13-19(2,3)14-17(16)21-18(22)15-20/h10-11,16-17H,4-9,12-15,20H2,1-3H3,(H,21,22)/b11-10+/t16-,17-/m1/s1. The zero-order valence-corrected chi connectivity index (χ0v) is 14.9. The minimum absolute atomic E-state index is 0.0272. The number of rotatable bonds is 9. The van der Waals surface area contributed by atoms with Crippen molar-refractivity contribution >= 4 is 5.91 Å². The molecule has 0 heterocycles. The number of unbranched alkanes of at least 4 members (excludes halogenated alkanes) is 5. The number of allylic oxidation sites excluding steroid dienone is 1. The van der Waals surface area contributed by atoms with Gasteiger partial charge in [0.05, 0.1) is 6.54 Å². The fourth-order valence-corrected chi connectivity index (χ4v) is 3.40. The van der Waals surface area contributed by atoms with Gasteiger partial charge in [0.15, 0.2) is 0 Å². The zero-order valence-electron chi connectivity index (χ0n) is 14.9. The van der Waals surface area contributed by atoms with Gasteiger partial charge in [-0.15, -0.1) is 0 Å². The molecule has 1 aliphatic carbocycles. The Morgan fingerprint density at radius 3 is 2.68 bits per heavy atom. The molecule has 0 unspecified atom stereocenters. The first-order chi connectivity index (χ1) is 10.5. The number of amides is 1. The molecule has 3 N–H and O–H groups in total. The van der Waals surface area contributed by atoms with Crippen molar-refractivity contribution in [3.8, 4) is 0 Å². The molecule has 1 rings (SSSR count). The van der Waals surface area contributed by atoms with Crippen LogP contribution in [0.25, 0.3) is 0 Å². The summed E-state index contributed by atoms with van der Waals surface area (Å²) in [5, 5.41) is 3.13. The van der Waals surface area contributed by atoms with E-state index in [1.165, 1.54) is 44.9 Å². The van der Waals surface area contributed by atoms with Crippen LogP contribution in [0.2, 0.25) is 0 Å². The SMILES string of the molecule is CCCCCCC/C=C/[C@@H]1CCC(C)(C)C[C@H]1NC(=O)CN. The molecule has 22 heavy (non-hydrogen) atoms. The molecule has 3 nitrogen and oxygen atoms in total. The Hall–Kier alpha value is -0.830. The largest absolute Gasteiger partial charge is 0.352 e. The van der Waals surface area contributed by atoms with E-state index in [-0.39, 0.29) is 18.5 Å². The van der Waals surface area contributed by atoms with Crippen LogP contribution in [0.4, 0.5) is 0 Å². The van der Waals surface area contributed by atoms with Crippen molar-refractivity contribution in [2.24, 2.45) is 17.1 Å². The predicted molar refractivity (Wildman–Crippen MR) is 94.6 cm³/mol. The Kier molecular flexibility index (Phi) is 8.77. The Morgan fingerprint density at radius 1 is 1.27 bits per heavy atom. The third-order valence-electron chi connectivity index (χ3n) is 4.83. The van der Waals surface area contributed by atoms with Gasteiger partial charge in [0.25, 0.3) is 0 Å². The van der Waals surface area contributed by atoms with Gasteiger partial charge >= 0.3 is 0 Å². The molecule has 0 bridgehead atoms. The lowest BCUT2D eigenvalue weighted by molar-refractivity contribution is -0.121. The van der Waals surface area contributed by atoms with Gasteiger partial charge in [-0.3, -0.25) is 4.79 Å². The van der Waals surface area contributed by atoms with Crippen molar-refractivity contribution < 1.29 is 4.79 Å². The molecule has 0 aromatic rings. The maximum atomic E-state index is 11.7. The van der Waals surface area contributed by atoms with Crippen LogP contribution >= 0.6 is 0 Å². The molecule has 2 atom stereocenters. The topological polar surface area (TPSA) is 55.1 Å². The fourth-order valence-electron chi connectivity index (χ4n) is 3.40. The lowest BCUT2D eigenvalue weighted by atomic mass is 9.70. The first-order valence-electron chi connectivity index (χ1n) is 9.14. The molecular weight excluding hydrogens is 272 g/mol. The van der Waals surface area contributed by atoms with Gasteiger partial charge < -0.3 is 11.1 Å².